The smallest absolute Gasteiger partial charge is 0.352 e. The maximum Gasteiger partial charge on any atom is 0.352 e. The van der Waals surface area contributed by atoms with Gasteiger partial charge in [0.2, 0.25) is 11.0 Å². The summed E-state index contributed by atoms with van der Waals surface area (Å²) >= 11 is 2.25. The van der Waals surface area contributed by atoms with Crippen LogP contribution in [0.1, 0.15) is 16.2 Å². The van der Waals surface area contributed by atoms with Crippen molar-refractivity contribution in [2.45, 2.75) is 17.5 Å². The Morgan fingerprint density at radius 3 is 2.76 bits per heavy atom. The van der Waals surface area contributed by atoms with E-state index >= 15 is 0 Å². The first kappa shape index (κ1) is 23.1. The number of fused-ring (bicyclic) bond motifs is 1. The van der Waals surface area contributed by atoms with Gasteiger partial charge in [-0.15, -0.1) is 11.8 Å². The fourth-order valence-corrected chi connectivity index (χ4v) is 6.08. The van der Waals surface area contributed by atoms with Gasteiger partial charge in [0.25, 0.3) is 11.6 Å². The third-order valence-corrected chi connectivity index (χ3v) is 7.59. The van der Waals surface area contributed by atoms with Gasteiger partial charge in [-0.3, -0.25) is 19.3 Å². The number of methoxy groups -OCH3 is 1. The molecule has 1 aromatic carbocycles. The molecular weight excluding hydrogens is 468 g/mol. The van der Waals surface area contributed by atoms with E-state index in [0.29, 0.717) is 17.0 Å². The van der Waals surface area contributed by atoms with Crippen LogP contribution in [0, 0.1) is 0 Å². The lowest BCUT2D eigenvalue weighted by molar-refractivity contribution is -0.192. The Bertz CT molecular complexity index is 1120. The van der Waals surface area contributed by atoms with E-state index in [4.69, 9.17) is 4.74 Å². The number of aromatic nitrogens is 2. The Balaban J connectivity index is 1.50. The minimum Gasteiger partial charge on any atom is -0.477 e. The van der Waals surface area contributed by atoms with E-state index in [9.17, 15) is 24.3 Å². The van der Waals surface area contributed by atoms with Crippen molar-refractivity contribution in [1.29, 1.82) is 0 Å². The Hall–Kier alpha value is -3.09. The molecule has 2 aromatic rings. The third-order valence-electron chi connectivity index (χ3n) is 5.23. The molecule has 0 spiro atoms. The maximum atomic E-state index is 13.1. The number of ether oxygens (including phenoxy) is 1. The molecule has 1 saturated heterocycles. The second-order valence-corrected chi connectivity index (χ2v) is 9.26. The zero-order chi connectivity index (χ0) is 23.6. The number of hydrogen-bond acceptors (Lipinski definition) is 8. The Kier molecular flexibility index (Phi) is 6.58. The molecule has 0 radical (unpaired) electrons. The summed E-state index contributed by atoms with van der Waals surface area (Å²) < 4.78 is 5.42. The summed E-state index contributed by atoms with van der Waals surface area (Å²) in [7, 11) is 1.29. The summed E-state index contributed by atoms with van der Waals surface area (Å²) in [5.41, 5.74) is -0.879. The van der Waals surface area contributed by atoms with Crippen LogP contribution < -0.4 is 5.32 Å². The molecule has 12 heteroatoms. The maximum absolute atomic E-state index is 13.1. The quantitative estimate of drug-likeness (QED) is 0.369. The van der Waals surface area contributed by atoms with Crippen LogP contribution in [0.25, 0.3) is 0 Å². The zero-order valence-corrected chi connectivity index (χ0v) is 19.1. The Morgan fingerprint density at radius 1 is 1.36 bits per heavy atom. The van der Waals surface area contributed by atoms with Crippen LogP contribution in [0.3, 0.4) is 0 Å². The van der Waals surface area contributed by atoms with Gasteiger partial charge in [-0.25, -0.2) is 9.78 Å². The van der Waals surface area contributed by atoms with Crippen LogP contribution >= 0.6 is 23.5 Å². The second-order valence-electron chi connectivity index (χ2n) is 7.24. The van der Waals surface area contributed by atoms with Gasteiger partial charge < -0.3 is 20.1 Å². The van der Waals surface area contributed by atoms with E-state index in [1.165, 1.54) is 25.1 Å². The normalized spacial score (nSPS) is 21.9. The van der Waals surface area contributed by atoms with Crippen LogP contribution in [0.4, 0.5) is 0 Å². The van der Waals surface area contributed by atoms with Crippen molar-refractivity contribution in [1.82, 2.24) is 20.2 Å². The van der Waals surface area contributed by atoms with E-state index < -0.39 is 28.9 Å². The van der Waals surface area contributed by atoms with Crippen molar-refractivity contribution >= 4 is 46.4 Å². The summed E-state index contributed by atoms with van der Waals surface area (Å²) in [5, 5.41) is 11.5. The van der Waals surface area contributed by atoms with Gasteiger partial charge in [-0.2, -0.15) is 0 Å². The van der Waals surface area contributed by atoms with Crippen molar-refractivity contribution in [3.63, 3.8) is 0 Å². The molecule has 0 saturated carbocycles. The van der Waals surface area contributed by atoms with Crippen molar-refractivity contribution in [2.75, 3.05) is 18.6 Å². The highest BCUT2D eigenvalue weighted by molar-refractivity contribution is 8.14. The molecule has 1 fully saturated rings. The number of hydrogen-bond donors (Lipinski definition) is 3. The van der Waals surface area contributed by atoms with Gasteiger partial charge in [0.15, 0.2) is 0 Å². The average molecular weight is 489 g/mol. The van der Waals surface area contributed by atoms with Crippen LogP contribution in [-0.4, -0.2) is 72.6 Å². The number of carboxylic acid groups (broad SMARTS) is 1. The molecule has 172 valence electrons. The zero-order valence-electron chi connectivity index (χ0n) is 17.4. The number of carbonyl (C=O) groups is 4. The molecule has 4 rings (SSSR count). The number of rotatable bonds is 8. The highest BCUT2D eigenvalue weighted by atomic mass is 32.2. The molecule has 0 bridgehead atoms. The molecule has 0 aliphatic carbocycles. The predicted molar refractivity (Wildman–Crippen MR) is 121 cm³/mol. The number of carbonyl (C=O) groups excluding carboxylic acids is 3. The van der Waals surface area contributed by atoms with Gasteiger partial charge in [-0.05, 0) is 5.57 Å². The third kappa shape index (κ3) is 4.28. The first-order valence-electron chi connectivity index (χ1n) is 9.84. The molecule has 10 nitrogen and oxygen atoms in total. The average Bonchev–Trinajstić information content (AvgIpc) is 3.33. The number of aromatic amines is 1. The highest BCUT2D eigenvalue weighted by Crippen LogP contribution is 2.47. The van der Waals surface area contributed by atoms with E-state index in [1.54, 1.807) is 36.5 Å². The first-order valence-corrected chi connectivity index (χ1v) is 11.9. The lowest BCUT2D eigenvalue weighted by Crippen LogP contribution is -2.80. The SMILES string of the molecule is COC1(NC(=O)Cc2ncc[nH]2)C(=O)N2C(C(=O)O)=C(CSC(=O)c3ccccc3)CS[C@H]21. The predicted octanol–water partition coefficient (Wildman–Crippen LogP) is 1.24. The molecule has 1 aromatic heterocycles. The molecular formula is C21H20N4O6S2. The number of thioether (sulfide) groups is 2. The van der Waals surface area contributed by atoms with E-state index in [-0.39, 0.29) is 28.7 Å². The topological polar surface area (TPSA) is 142 Å². The summed E-state index contributed by atoms with van der Waals surface area (Å²) in [6.07, 6.45) is 3.00. The number of H-pyrrole nitrogens is 1. The molecule has 3 heterocycles. The molecule has 2 atom stereocenters. The number of imidazole rings is 1. The number of carboxylic acids is 1. The van der Waals surface area contributed by atoms with Crippen molar-refractivity contribution in [3.8, 4) is 0 Å². The van der Waals surface area contributed by atoms with Crippen molar-refractivity contribution < 1.29 is 29.0 Å². The molecule has 1 unspecified atom stereocenters. The van der Waals surface area contributed by atoms with E-state index in [2.05, 4.69) is 15.3 Å². The monoisotopic (exact) mass is 488 g/mol. The number of nitrogens with one attached hydrogen (secondary N) is 2. The van der Waals surface area contributed by atoms with E-state index in [0.717, 1.165) is 16.7 Å². The van der Waals surface area contributed by atoms with E-state index in [1.807, 2.05) is 0 Å². The first-order chi connectivity index (χ1) is 15.9. The Morgan fingerprint density at radius 2 is 2.12 bits per heavy atom. The Labute approximate surface area is 197 Å². The highest BCUT2D eigenvalue weighted by Gasteiger charge is 2.66. The number of benzene rings is 1. The second kappa shape index (κ2) is 9.41. The minimum atomic E-state index is -1.67. The van der Waals surface area contributed by atoms with Gasteiger partial charge >= 0.3 is 5.97 Å². The summed E-state index contributed by atoms with van der Waals surface area (Å²) in [6.45, 7) is 0. The molecule has 3 N–H and O–H groups in total. The molecule has 2 amide bonds. The molecule has 33 heavy (non-hydrogen) atoms. The minimum absolute atomic E-state index is 0.0894. The van der Waals surface area contributed by atoms with Crippen LogP contribution in [0.5, 0.6) is 0 Å². The number of nitrogens with zero attached hydrogens (tertiary/aromatic N) is 2. The van der Waals surface area contributed by atoms with Gasteiger partial charge in [0, 0.05) is 36.6 Å². The van der Waals surface area contributed by atoms with Crippen molar-refractivity contribution in [3.05, 3.63) is 65.4 Å². The summed E-state index contributed by atoms with van der Waals surface area (Å²) in [6, 6.07) is 8.67. The molecule has 2 aliphatic heterocycles. The van der Waals surface area contributed by atoms with Gasteiger partial charge in [0.1, 0.15) is 16.9 Å². The van der Waals surface area contributed by atoms with Gasteiger partial charge in [-0.1, -0.05) is 42.1 Å². The van der Waals surface area contributed by atoms with Crippen LogP contribution in [-0.2, 0) is 25.5 Å². The fraction of sp³-hybridized carbons (Fsp3) is 0.286. The number of β-lactam (4-membered cyclic amide) rings is 1. The largest absolute Gasteiger partial charge is 0.477 e. The van der Waals surface area contributed by atoms with Gasteiger partial charge in [0.05, 0.1) is 6.42 Å². The lowest BCUT2D eigenvalue weighted by Gasteiger charge is -2.55. The van der Waals surface area contributed by atoms with Crippen LogP contribution in [0.15, 0.2) is 54.0 Å². The number of aliphatic carboxylic acids is 1. The molecule has 2 aliphatic rings. The van der Waals surface area contributed by atoms with Crippen molar-refractivity contribution in [2.24, 2.45) is 0 Å². The summed E-state index contributed by atoms with van der Waals surface area (Å²) in [4.78, 5) is 58.0. The number of amides is 2. The van der Waals surface area contributed by atoms with Crippen LogP contribution in [0.2, 0.25) is 0 Å². The summed E-state index contributed by atoms with van der Waals surface area (Å²) in [5.74, 6) is -1.62. The fourth-order valence-electron chi connectivity index (χ4n) is 3.66. The standard InChI is InChI=1S/C21H20N4O6S2/c1-31-21(24-15(26)9-14-22-7-8-23-14)19(30)25-16(17(27)28)13(11-33-20(21)25)10-32-18(29)12-5-3-2-4-6-12/h2-8,20H,9-11H2,1H3,(H,22,23)(H,24,26)(H,27,28)/t20-,21?/m0/s1. The lowest BCUT2D eigenvalue weighted by atomic mass is 9.98.